The summed E-state index contributed by atoms with van der Waals surface area (Å²) in [5, 5.41) is 2.92. The standard InChI is InChI=1S/C16H26N2O/c1-4-7-16(19)17-14-8-10-15(11-9-14)18(12-5-2)13-6-3/h8-11H,4-7,12-13H2,1-3H3,(H,17,19). The van der Waals surface area contributed by atoms with Gasteiger partial charge in [0.15, 0.2) is 0 Å². The summed E-state index contributed by atoms with van der Waals surface area (Å²) in [5.41, 5.74) is 2.12. The number of nitrogens with one attached hydrogen (secondary N) is 1. The van der Waals surface area contributed by atoms with Crippen LogP contribution in [0.3, 0.4) is 0 Å². The zero-order valence-electron chi connectivity index (χ0n) is 12.4. The van der Waals surface area contributed by atoms with Crippen molar-refractivity contribution in [2.45, 2.75) is 46.5 Å². The molecule has 0 aliphatic carbocycles. The summed E-state index contributed by atoms with van der Waals surface area (Å²) in [5.74, 6) is 0.0919. The third-order valence-corrected chi connectivity index (χ3v) is 2.98. The van der Waals surface area contributed by atoms with Crippen molar-refractivity contribution in [3.63, 3.8) is 0 Å². The normalized spacial score (nSPS) is 10.3. The van der Waals surface area contributed by atoms with Gasteiger partial charge in [-0.05, 0) is 43.5 Å². The molecule has 0 heterocycles. The molecule has 1 N–H and O–H groups in total. The number of hydrogen-bond donors (Lipinski definition) is 1. The molecule has 1 amide bonds. The van der Waals surface area contributed by atoms with E-state index >= 15 is 0 Å². The van der Waals surface area contributed by atoms with Gasteiger partial charge in [-0.25, -0.2) is 0 Å². The first-order valence-electron chi connectivity index (χ1n) is 7.36. The van der Waals surface area contributed by atoms with Gasteiger partial charge >= 0.3 is 0 Å². The van der Waals surface area contributed by atoms with E-state index in [-0.39, 0.29) is 5.91 Å². The van der Waals surface area contributed by atoms with Crippen LogP contribution in [0.4, 0.5) is 11.4 Å². The quantitative estimate of drug-likeness (QED) is 0.766. The van der Waals surface area contributed by atoms with Crippen molar-refractivity contribution in [1.29, 1.82) is 0 Å². The Morgan fingerprint density at radius 2 is 1.58 bits per heavy atom. The molecule has 0 bridgehead atoms. The highest BCUT2D eigenvalue weighted by Crippen LogP contribution is 2.18. The van der Waals surface area contributed by atoms with Gasteiger partial charge in [-0.1, -0.05) is 20.8 Å². The van der Waals surface area contributed by atoms with Crippen LogP contribution in [0.5, 0.6) is 0 Å². The predicted molar refractivity (Wildman–Crippen MR) is 82.8 cm³/mol. The van der Waals surface area contributed by atoms with Crippen molar-refractivity contribution in [2.75, 3.05) is 23.3 Å². The van der Waals surface area contributed by atoms with E-state index in [1.165, 1.54) is 5.69 Å². The fourth-order valence-corrected chi connectivity index (χ4v) is 2.12. The Labute approximate surface area is 117 Å². The van der Waals surface area contributed by atoms with Gasteiger partial charge in [0, 0.05) is 30.9 Å². The Bertz CT molecular complexity index is 367. The molecule has 0 radical (unpaired) electrons. The van der Waals surface area contributed by atoms with Crippen molar-refractivity contribution in [2.24, 2.45) is 0 Å². The third-order valence-electron chi connectivity index (χ3n) is 2.98. The van der Waals surface area contributed by atoms with E-state index in [1.54, 1.807) is 0 Å². The zero-order chi connectivity index (χ0) is 14.1. The summed E-state index contributed by atoms with van der Waals surface area (Å²) in [4.78, 5) is 13.9. The predicted octanol–water partition coefficient (Wildman–Crippen LogP) is 4.05. The molecule has 0 atom stereocenters. The lowest BCUT2D eigenvalue weighted by Crippen LogP contribution is -2.24. The number of nitrogens with zero attached hydrogens (tertiary/aromatic N) is 1. The first-order valence-corrected chi connectivity index (χ1v) is 7.36. The van der Waals surface area contributed by atoms with E-state index in [0.717, 1.165) is 38.0 Å². The number of carbonyl (C=O) groups excluding carboxylic acids is 1. The molecule has 1 rings (SSSR count). The Hall–Kier alpha value is -1.51. The van der Waals surface area contributed by atoms with Gasteiger partial charge < -0.3 is 10.2 Å². The van der Waals surface area contributed by atoms with Crippen molar-refractivity contribution < 1.29 is 4.79 Å². The molecular formula is C16H26N2O. The Kier molecular flexibility index (Phi) is 7.01. The molecule has 1 aromatic rings. The van der Waals surface area contributed by atoms with E-state index < -0.39 is 0 Å². The topological polar surface area (TPSA) is 32.3 Å². The molecule has 106 valence electrons. The molecule has 0 aliphatic heterocycles. The van der Waals surface area contributed by atoms with Crippen LogP contribution in [0.15, 0.2) is 24.3 Å². The van der Waals surface area contributed by atoms with Crippen molar-refractivity contribution >= 4 is 17.3 Å². The van der Waals surface area contributed by atoms with Crippen LogP contribution in [-0.4, -0.2) is 19.0 Å². The first-order chi connectivity index (χ1) is 9.21. The van der Waals surface area contributed by atoms with Crippen LogP contribution < -0.4 is 10.2 Å². The number of hydrogen-bond acceptors (Lipinski definition) is 2. The van der Waals surface area contributed by atoms with Gasteiger partial charge in [0.25, 0.3) is 0 Å². The monoisotopic (exact) mass is 262 g/mol. The van der Waals surface area contributed by atoms with Gasteiger partial charge in [0.1, 0.15) is 0 Å². The first kappa shape index (κ1) is 15.5. The lowest BCUT2D eigenvalue weighted by molar-refractivity contribution is -0.116. The minimum absolute atomic E-state index is 0.0919. The van der Waals surface area contributed by atoms with Gasteiger partial charge in [0.05, 0.1) is 0 Å². The molecule has 1 aromatic carbocycles. The number of anilines is 2. The van der Waals surface area contributed by atoms with E-state index in [2.05, 4.69) is 36.2 Å². The van der Waals surface area contributed by atoms with Crippen molar-refractivity contribution in [3.8, 4) is 0 Å². The van der Waals surface area contributed by atoms with E-state index in [1.807, 2.05) is 19.1 Å². The molecular weight excluding hydrogens is 236 g/mol. The smallest absolute Gasteiger partial charge is 0.224 e. The summed E-state index contributed by atoms with van der Waals surface area (Å²) >= 11 is 0. The van der Waals surface area contributed by atoms with Gasteiger partial charge in [-0.2, -0.15) is 0 Å². The van der Waals surface area contributed by atoms with Crippen LogP contribution in [0.25, 0.3) is 0 Å². The van der Waals surface area contributed by atoms with Crippen molar-refractivity contribution in [3.05, 3.63) is 24.3 Å². The van der Waals surface area contributed by atoms with Crippen LogP contribution in [-0.2, 0) is 4.79 Å². The highest BCUT2D eigenvalue weighted by atomic mass is 16.1. The summed E-state index contributed by atoms with van der Waals surface area (Å²) in [6.07, 6.45) is 3.76. The minimum Gasteiger partial charge on any atom is -0.372 e. The summed E-state index contributed by atoms with van der Waals surface area (Å²) < 4.78 is 0. The summed E-state index contributed by atoms with van der Waals surface area (Å²) in [6.45, 7) is 8.56. The maximum absolute atomic E-state index is 11.5. The highest BCUT2D eigenvalue weighted by molar-refractivity contribution is 5.90. The number of carbonyl (C=O) groups is 1. The Morgan fingerprint density at radius 3 is 2.05 bits per heavy atom. The molecule has 0 spiro atoms. The van der Waals surface area contributed by atoms with Crippen LogP contribution in [0.2, 0.25) is 0 Å². The fourth-order valence-electron chi connectivity index (χ4n) is 2.12. The molecule has 0 unspecified atom stereocenters. The zero-order valence-corrected chi connectivity index (χ0v) is 12.4. The lowest BCUT2D eigenvalue weighted by atomic mass is 10.2. The van der Waals surface area contributed by atoms with Crippen LogP contribution in [0, 0.1) is 0 Å². The number of rotatable bonds is 8. The second kappa shape index (κ2) is 8.57. The lowest BCUT2D eigenvalue weighted by Gasteiger charge is -2.24. The summed E-state index contributed by atoms with van der Waals surface area (Å²) in [7, 11) is 0. The average molecular weight is 262 g/mol. The molecule has 0 saturated carbocycles. The second-order valence-corrected chi connectivity index (χ2v) is 4.83. The van der Waals surface area contributed by atoms with Crippen LogP contribution >= 0.6 is 0 Å². The number of amides is 1. The van der Waals surface area contributed by atoms with Gasteiger partial charge in [-0.15, -0.1) is 0 Å². The van der Waals surface area contributed by atoms with Crippen LogP contribution in [0.1, 0.15) is 46.5 Å². The summed E-state index contributed by atoms with van der Waals surface area (Å²) in [6, 6.07) is 8.15. The average Bonchev–Trinajstić information content (AvgIpc) is 2.40. The van der Waals surface area contributed by atoms with Gasteiger partial charge in [-0.3, -0.25) is 4.79 Å². The van der Waals surface area contributed by atoms with Crippen molar-refractivity contribution in [1.82, 2.24) is 0 Å². The van der Waals surface area contributed by atoms with E-state index in [4.69, 9.17) is 0 Å². The largest absolute Gasteiger partial charge is 0.372 e. The Morgan fingerprint density at radius 1 is 1.00 bits per heavy atom. The van der Waals surface area contributed by atoms with E-state index in [0.29, 0.717) is 6.42 Å². The molecule has 0 aromatic heterocycles. The molecule has 0 fully saturated rings. The third kappa shape index (κ3) is 5.33. The Balaban J connectivity index is 2.65. The SMILES string of the molecule is CCCC(=O)Nc1ccc(N(CCC)CCC)cc1. The molecule has 19 heavy (non-hydrogen) atoms. The maximum Gasteiger partial charge on any atom is 0.224 e. The number of benzene rings is 1. The molecule has 0 saturated heterocycles. The fraction of sp³-hybridized carbons (Fsp3) is 0.562. The second-order valence-electron chi connectivity index (χ2n) is 4.83. The van der Waals surface area contributed by atoms with Gasteiger partial charge in [0.2, 0.25) is 5.91 Å². The maximum atomic E-state index is 11.5. The molecule has 3 nitrogen and oxygen atoms in total. The minimum atomic E-state index is 0.0919. The molecule has 3 heteroatoms. The molecule has 0 aliphatic rings. The van der Waals surface area contributed by atoms with E-state index in [9.17, 15) is 4.79 Å². The highest BCUT2D eigenvalue weighted by Gasteiger charge is 2.05.